The highest BCUT2D eigenvalue weighted by atomic mass is 79.9. The van der Waals surface area contributed by atoms with Crippen LogP contribution in [0.15, 0.2) is 21.3 Å². The van der Waals surface area contributed by atoms with E-state index in [0.29, 0.717) is 44.8 Å². The summed E-state index contributed by atoms with van der Waals surface area (Å²) in [6.45, 7) is 2.10. The summed E-state index contributed by atoms with van der Waals surface area (Å²) in [6, 6.07) is 1.98. The fourth-order valence-corrected chi connectivity index (χ4v) is 5.13. The Morgan fingerprint density at radius 1 is 1.21 bits per heavy atom. The number of carbonyl (C=O) groups excluding carboxylic acids is 1. The number of halogens is 4. The maximum Gasteiger partial charge on any atom is 0.411 e. The van der Waals surface area contributed by atoms with Gasteiger partial charge in [0.2, 0.25) is 0 Å². The number of hydrogen-bond donors (Lipinski definition) is 0. The summed E-state index contributed by atoms with van der Waals surface area (Å²) in [5.74, 6) is -0.0775. The van der Waals surface area contributed by atoms with Crippen molar-refractivity contribution in [2.45, 2.75) is 12.6 Å². The lowest BCUT2D eigenvalue weighted by molar-refractivity contribution is -0.174. The van der Waals surface area contributed by atoms with Crippen LogP contribution in [0.25, 0.3) is 9.88 Å². The molecule has 0 saturated carbocycles. The molecule has 1 fully saturated rings. The SMILES string of the molecule is O=C(c1csc(-c2cc(Br)cs2)n1)N1CCN(CCCOCC(F)(F)F)CC1. The molecular formula is C17H19BrF3N3O2S2. The van der Waals surface area contributed by atoms with Gasteiger partial charge in [-0.15, -0.1) is 22.7 Å². The lowest BCUT2D eigenvalue weighted by Gasteiger charge is -2.34. The van der Waals surface area contributed by atoms with Gasteiger partial charge >= 0.3 is 6.18 Å². The fourth-order valence-electron chi connectivity index (χ4n) is 2.83. The first kappa shape index (κ1) is 21.7. The molecule has 2 aromatic rings. The van der Waals surface area contributed by atoms with E-state index in [9.17, 15) is 18.0 Å². The van der Waals surface area contributed by atoms with Gasteiger partial charge in [0.15, 0.2) is 0 Å². The fraction of sp³-hybridized carbons (Fsp3) is 0.529. The van der Waals surface area contributed by atoms with Crippen molar-refractivity contribution < 1.29 is 22.7 Å². The Labute approximate surface area is 177 Å². The van der Waals surface area contributed by atoms with Gasteiger partial charge < -0.3 is 9.64 Å². The molecule has 0 aliphatic carbocycles. The minimum Gasteiger partial charge on any atom is -0.372 e. The van der Waals surface area contributed by atoms with Crippen LogP contribution in [0.5, 0.6) is 0 Å². The molecule has 1 aliphatic rings. The van der Waals surface area contributed by atoms with Gasteiger partial charge in [0, 0.05) is 54.6 Å². The monoisotopic (exact) mass is 497 g/mol. The highest BCUT2D eigenvalue weighted by Gasteiger charge is 2.27. The van der Waals surface area contributed by atoms with Gasteiger partial charge in [0.05, 0.1) is 4.88 Å². The number of thiazole rings is 1. The molecule has 1 amide bonds. The third-order valence-corrected chi connectivity index (χ3v) is 6.89. The summed E-state index contributed by atoms with van der Waals surface area (Å²) >= 11 is 6.44. The summed E-state index contributed by atoms with van der Waals surface area (Å²) < 4.78 is 41.7. The third kappa shape index (κ3) is 6.24. The van der Waals surface area contributed by atoms with Crippen LogP contribution >= 0.6 is 38.6 Å². The maximum atomic E-state index is 12.7. The van der Waals surface area contributed by atoms with E-state index in [1.165, 1.54) is 11.3 Å². The maximum absolute atomic E-state index is 12.7. The predicted molar refractivity (Wildman–Crippen MR) is 107 cm³/mol. The molecule has 11 heteroatoms. The average Bonchev–Trinajstić information content (AvgIpc) is 3.29. The third-order valence-electron chi connectivity index (χ3n) is 4.19. The molecule has 5 nitrogen and oxygen atoms in total. The first-order valence-corrected chi connectivity index (χ1v) is 11.2. The second-order valence-corrected chi connectivity index (χ2v) is 9.01. The van der Waals surface area contributed by atoms with E-state index in [1.807, 2.05) is 11.4 Å². The van der Waals surface area contributed by atoms with Crippen molar-refractivity contribution in [1.29, 1.82) is 0 Å². The first-order chi connectivity index (χ1) is 13.3. The Balaban J connectivity index is 1.41. The molecule has 0 atom stereocenters. The van der Waals surface area contributed by atoms with Gasteiger partial charge in [0.25, 0.3) is 5.91 Å². The molecular weight excluding hydrogens is 479 g/mol. The number of alkyl halides is 3. The topological polar surface area (TPSA) is 45.7 Å². The molecule has 0 N–H and O–H groups in total. The van der Waals surface area contributed by atoms with Crippen LogP contribution in [0.3, 0.4) is 0 Å². The molecule has 2 aromatic heterocycles. The number of nitrogens with zero attached hydrogens (tertiary/aromatic N) is 3. The number of hydrogen-bond acceptors (Lipinski definition) is 6. The zero-order chi connectivity index (χ0) is 20.1. The number of piperazine rings is 1. The number of ether oxygens (including phenoxy) is 1. The molecule has 0 unspecified atom stereocenters. The van der Waals surface area contributed by atoms with Gasteiger partial charge in [0.1, 0.15) is 17.3 Å². The second kappa shape index (κ2) is 9.66. The molecule has 0 aromatic carbocycles. The lowest BCUT2D eigenvalue weighted by atomic mass is 10.2. The number of carbonyl (C=O) groups is 1. The standard InChI is InChI=1S/C17H19BrF3N3O2S2/c18-12-8-14(27-9-12)15-22-13(10-28-15)16(25)24-5-3-23(4-6-24)2-1-7-26-11-17(19,20)21/h8-10H,1-7,11H2. The largest absolute Gasteiger partial charge is 0.411 e. The van der Waals surface area contributed by atoms with Crippen molar-refractivity contribution in [3.8, 4) is 9.88 Å². The number of thiophene rings is 1. The number of amides is 1. The molecule has 3 heterocycles. The Hall–Kier alpha value is -1.01. The van der Waals surface area contributed by atoms with Crippen LogP contribution in [0.1, 0.15) is 16.9 Å². The van der Waals surface area contributed by atoms with Crippen LogP contribution in [0, 0.1) is 0 Å². The lowest BCUT2D eigenvalue weighted by Crippen LogP contribution is -2.49. The van der Waals surface area contributed by atoms with Gasteiger partial charge in [-0.2, -0.15) is 13.2 Å². The number of rotatable bonds is 7. The molecule has 154 valence electrons. The van der Waals surface area contributed by atoms with Crippen molar-refractivity contribution in [1.82, 2.24) is 14.8 Å². The van der Waals surface area contributed by atoms with E-state index in [1.54, 1.807) is 21.6 Å². The molecule has 3 rings (SSSR count). The van der Waals surface area contributed by atoms with Crippen molar-refractivity contribution in [3.63, 3.8) is 0 Å². The second-order valence-electron chi connectivity index (χ2n) is 6.32. The van der Waals surface area contributed by atoms with E-state index >= 15 is 0 Å². The molecule has 1 aliphatic heterocycles. The smallest absolute Gasteiger partial charge is 0.372 e. The van der Waals surface area contributed by atoms with E-state index < -0.39 is 12.8 Å². The van der Waals surface area contributed by atoms with Crippen molar-refractivity contribution in [3.05, 3.63) is 27.0 Å². The van der Waals surface area contributed by atoms with Crippen molar-refractivity contribution >= 4 is 44.5 Å². The number of aromatic nitrogens is 1. The Morgan fingerprint density at radius 2 is 1.96 bits per heavy atom. The van der Waals surface area contributed by atoms with Gasteiger partial charge in [-0.05, 0) is 28.4 Å². The normalized spacial score (nSPS) is 15.9. The van der Waals surface area contributed by atoms with Gasteiger partial charge in [-0.1, -0.05) is 0 Å². The first-order valence-electron chi connectivity index (χ1n) is 8.68. The van der Waals surface area contributed by atoms with Crippen LogP contribution < -0.4 is 0 Å². The summed E-state index contributed by atoms with van der Waals surface area (Å²) in [4.78, 5) is 22.1. The molecule has 0 bridgehead atoms. The summed E-state index contributed by atoms with van der Waals surface area (Å²) in [5, 5.41) is 4.60. The van der Waals surface area contributed by atoms with E-state index in [0.717, 1.165) is 14.4 Å². The minimum absolute atomic E-state index is 0.0775. The summed E-state index contributed by atoms with van der Waals surface area (Å²) in [6.07, 6.45) is -3.74. The van der Waals surface area contributed by atoms with Crippen molar-refractivity contribution in [2.75, 3.05) is 45.9 Å². The molecule has 28 heavy (non-hydrogen) atoms. The highest BCUT2D eigenvalue weighted by molar-refractivity contribution is 9.10. The highest BCUT2D eigenvalue weighted by Crippen LogP contribution is 2.32. The molecule has 1 saturated heterocycles. The van der Waals surface area contributed by atoms with Crippen LogP contribution in [-0.4, -0.2) is 72.8 Å². The van der Waals surface area contributed by atoms with E-state index in [-0.39, 0.29) is 12.5 Å². The minimum atomic E-state index is -4.28. The zero-order valence-electron chi connectivity index (χ0n) is 14.9. The van der Waals surface area contributed by atoms with Crippen LogP contribution in [0.4, 0.5) is 13.2 Å². The van der Waals surface area contributed by atoms with Gasteiger partial charge in [-0.25, -0.2) is 4.98 Å². The summed E-state index contributed by atoms with van der Waals surface area (Å²) in [7, 11) is 0. The quantitative estimate of drug-likeness (QED) is 0.533. The predicted octanol–water partition coefficient (Wildman–Crippen LogP) is 4.36. The average molecular weight is 498 g/mol. The Kier molecular flexibility index (Phi) is 7.48. The van der Waals surface area contributed by atoms with E-state index in [4.69, 9.17) is 0 Å². The summed E-state index contributed by atoms with van der Waals surface area (Å²) in [5.41, 5.74) is 0.457. The van der Waals surface area contributed by atoms with Crippen LogP contribution in [-0.2, 0) is 4.74 Å². The molecule has 0 radical (unpaired) electrons. The van der Waals surface area contributed by atoms with E-state index in [2.05, 4.69) is 30.6 Å². The molecule has 0 spiro atoms. The zero-order valence-corrected chi connectivity index (χ0v) is 18.1. The Morgan fingerprint density at radius 3 is 2.61 bits per heavy atom. The van der Waals surface area contributed by atoms with Crippen molar-refractivity contribution in [2.24, 2.45) is 0 Å². The van der Waals surface area contributed by atoms with Crippen LogP contribution in [0.2, 0.25) is 0 Å². The van der Waals surface area contributed by atoms with Gasteiger partial charge in [-0.3, -0.25) is 9.69 Å². The Bertz CT molecular complexity index is 789.